The lowest BCUT2D eigenvalue weighted by atomic mass is 9.94. The number of carbonyl (C=O) groups excluding carboxylic acids is 4. The molecule has 4 amide bonds. The van der Waals surface area contributed by atoms with Crippen molar-refractivity contribution in [3.05, 3.63) is 40.6 Å². The molecule has 178 valence electrons. The van der Waals surface area contributed by atoms with Crippen LogP contribution in [0.1, 0.15) is 37.7 Å². The summed E-state index contributed by atoms with van der Waals surface area (Å²) in [6, 6.07) is 6.30. The van der Waals surface area contributed by atoms with Crippen molar-refractivity contribution in [2.24, 2.45) is 0 Å². The van der Waals surface area contributed by atoms with Gasteiger partial charge in [0.2, 0.25) is 11.8 Å². The lowest BCUT2D eigenvalue weighted by Gasteiger charge is -2.31. The van der Waals surface area contributed by atoms with Gasteiger partial charge in [0.1, 0.15) is 5.82 Å². The van der Waals surface area contributed by atoms with Gasteiger partial charge in [-0.1, -0.05) is 37.5 Å². The Kier molecular flexibility index (Phi) is 9.37. The smallest absolute Gasteiger partial charge is 0.293 e. The molecule has 3 rings (SSSR count). The van der Waals surface area contributed by atoms with Crippen LogP contribution in [0.4, 0.5) is 9.18 Å². The summed E-state index contributed by atoms with van der Waals surface area (Å²) < 4.78 is 13.8. The van der Waals surface area contributed by atoms with Crippen LogP contribution in [0, 0.1) is 5.82 Å². The van der Waals surface area contributed by atoms with E-state index >= 15 is 0 Å². The molecule has 0 aromatic heterocycles. The van der Waals surface area contributed by atoms with E-state index in [0.29, 0.717) is 6.04 Å². The van der Waals surface area contributed by atoms with Crippen molar-refractivity contribution in [1.82, 2.24) is 15.1 Å². The molecule has 0 atom stereocenters. The van der Waals surface area contributed by atoms with Crippen molar-refractivity contribution in [2.75, 3.05) is 31.6 Å². The van der Waals surface area contributed by atoms with Gasteiger partial charge in [0.25, 0.3) is 11.1 Å². The van der Waals surface area contributed by atoms with Crippen LogP contribution in [0.25, 0.3) is 6.08 Å². The number of nitrogens with zero attached hydrogens (tertiary/aromatic N) is 2. The molecule has 0 spiro atoms. The van der Waals surface area contributed by atoms with E-state index in [4.69, 9.17) is 0 Å². The summed E-state index contributed by atoms with van der Waals surface area (Å²) in [6.07, 6.45) is 6.96. The lowest BCUT2D eigenvalue weighted by Crippen LogP contribution is -2.40. The molecule has 7 nitrogen and oxygen atoms in total. The second kappa shape index (κ2) is 12.2. The van der Waals surface area contributed by atoms with E-state index in [2.05, 4.69) is 5.32 Å². The van der Waals surface area contributed by atoms with Crippen molar-refractivity contribution < 1.29 is 23.6 Å². The molecule has 2 fully saturated rings. The summed E-state index contributed by atoms with van der Waals surface area (Å²) in [5, 5.41) is 2.22. The fourth-order valence-corrected chi connectivity index (χ4v) is 5.41. The van der Waals surface area contributed by atoms with Crippen molar-refractivity contribution in [3.8, 4) is 0 Å². The number of imide groups is 1. The standard InChI is InChI=1S/C23H28FN3O4S2/c1-26(17-8-3-2-4-9-17)21(29)15-32-14-20(28)25-11-12-27-22(30)19(33-23(27)31)13-16-7-5-6-10-18(16)24/h5-7,10,13,17H,2-4,8-9,11-12,14-15H2,1H3,(H,25,28)/b19-13-. The van der Waals surface area contributed by atoms with E-state index in [-0.39, 0.29) is 46.9 Å². The quantitative estimate of drug-likeness (QED) is 0.530. The van der Waals surface area contributed by atoms with E-state index in [0.717, 1.165) is 42.3 Å². The van der Waals surface area contributed by atoms with Gasteiger partial charge in [0.05, 0.1) is 16.4 Å². The van der Waals surface area contributed by atoms with E-state index < -0.39 is 17.0 Å². The summed E-state index contributed by atoms with van der Waals surface area (Å²) in [7, 11) is 1.83. The van der Waals surface area contributed by atoms with Gasteiger partial charge in [-0.15, -0.1) is 11.8 Å². The maximum atomic E-state index is 13.8. The Morgan fingerprint density at radius 2 is 1.94 bits per heavy atom. The first kappa shape index (κ1) is 25.3. The first-order valence-corrected chi connectivity index (χ1v) is 12.9. The predicted octanol–water partition coefficient (Wildman–Crippen LogP) is 3.50. The Morgan fingerprint density at radius 3 is 2.67 bits per heavy atom. The zero-order valence-electron chi connectivity index (χ0n) is 18.5. The van der Waals surface area contributed by atoms with Crippen molar-refractivity contribution in [1.29, 1.82) is 0 Å². The zero-order chi connectivity index (χ0) is 23.8. The van der Waals surface area contributed by atoms with Gasteiger partial charge in [0.15, 0.2) is 0 Å². The van der Waals surface area contributed by atoms with E-state index in [1.807, 2.05) is 7.05 Å². The maximum Gasteiger partial charge on any atom is 0.293 e. The van der Waals surface area contributed by atoms with Crippen LogP contribution in [0.3, 0.4) is 0 Å². The van der Waals surface area contributed by atoms with Gasteiger partial charge < -0.3 is 10.2 Å². The summed E-state index contributed by atoms with van der Waals surface area (Å²) in [4.78, 5) is 52.0. The molecule has 2 aliphatic rings. The number of amides is 4. The molecule has 1 aromatic carbocycles. The Hall–Kier alpha value is -2.33. The maximum absolute atomic E-state index is 13.8. The monoisotopic (exact) mass is 493 g/mol. The number of hydrogen-bond acceptors (Lipinski definition) is 6. The highest BCUT2D eigenvalue weighted by Crippen LogP contribution is 2.32. The van der Waals surface area contributed by atoms with Gasteiger partial charge in [-0.25, -0.2) is 4.39 Å². The second-order valence-electron chi connectivity index (χ2n) is 7.99. The molecule has 1 heterocycles. The summed E-state index contributed by atoms with van der Waals surface area (Å²) in [6.45, 7) is 0.138. The molecule has 1 saturated carbocycles. The van der Waals surface area contributed by atoms with Crippen LogP contribution in [0.2, 0.25) is 0 Å². The topological polar surface area (TPSA) is 86.8 Å². The Morgan fingerprint density at radius 1 is 1.21 bits per heavy atom. The normalized spacial score (nSPS) is 18.1. The average Bonchev–Trinajstić information content (AvgIpc) is 3.08. The third kappa shape index (κ3) is 7.07. The first-order valence-electron chi connectivity index (χ1n) is 11.0. The first-order chi connectivity index (χ1) is 15.9. The van der Waals surface area contributed by atoms with Crippen LogP contribution >= 0.6 is 23.5 Å². The molecule has 1 aliphatic heterocycles. The van der Waals surface area contributed by atoms with Crippen LogP contribution in [-0.2, 0) is 14.4 Å². The lowest BCUT2D eigenvalue weighted by molar-refractivity contribution is -0.129. The number of carbonyl (C=O) groups is 4. The van der Waals surface area contributed by atoms with Crippen LogP contribution in [0.5, 0.6) is 0 Å². The van der Waals surface area contributed by atoms with E-state index in [9.17, 15) is 23.6 Å². The van der Waals surface area contributed by atoms with Gasteiger partial charge >= 0.3 is 0 Å². The number of thioether (sulfide) groups is 2. The predicted molar refractivity (Wildman–Crippen MR) is 129 cm³/mol. The third-order valence-corrected chi connectivity index (χ3v) is 7.52. The number of rotatable bonds is 9. The van der Waals surface area contributed by atoms with Crippen molar-refractivity contribution >= 4 is 52.6 Å². The fraction of sp³-hybridized carbons (Fsp3) is 0.478. The van der Waals surface area contributed by atoms with Gasteiger partial charge in [-0.3, -0.25) is 24.1 Å². The third-order valence-electron chi connectivity index (χ3n) is 5.70. The molecular formula is C23H28FN3O4S2. The fourth-order valence-electron chi connectivity index (χ4n) is 3.79. The number of halogens is 1. The van der Waals surface area contributed by atoms with Crippen LogP contribution in [0.15, 0.2) is 29.2 Å². The Bertz CT molecular complexity index is 934. The SMILES string of the molecule is CN(C(=O)CSCC(=O)NCCN1C(=O)S/C(=C\c2ccccc2F)C1=O)C1CCCCC1. The van der Waals surface area contributed by atoms with Gasteiger partial charge in [-0.05, 0) is 36.7 Å². The second-order valence-corrected chi connectivity index (χ2v) is 9.97. The molecule has 10 heteroatoms. The van der Waals surface area contributed by atoms with E-state index in [1.165, 1.54) is 36.4 Å². The molecule has 1 saturated heterocycles. The summed E-state index contributed by atoms with van der Waals surface area (Å²) in [5.41, 5.74) is 0.233. The number of hydrogen-bond donors (Lipinski definition) is 1. The number of benzene rings is 1. The zero-order valence-corrected chi connectivity index (χ0v) is 20.2. The van der Waals surface area contributed by atoms with Crippen LogP contribution in [-0.4, -0.2) is 70.4 Å². The molecule has 1 aliphatic carbocycles. The number of nitrogens with one attached hydrogen (secondary N) is 1. The van der Waals surface area contributed by atoms with Crippen molar-refractivity contribution in [2.45, 2.75) is 38.1 Å². The summed E-state index contributed by atoms with van der Waals surface area (Å²) >= 11 is 2.00. The minimum atomic E-state index is -0.506. The highest BCUT2D eigenvalue weighted by Gasteiger charge is 2.34. The largest absolute Gasteiger partial charge is 0.354 e. The molecular weight excluding hydrogens is 465 g/mol. The molecule has 0 unspecified atom stereocenters. The Balaban J connectivity index is 1.38. The van der Waals surface area contributed by atoms with Gasteiger partial charge in [-0.2, -0.15) is 0 Å². The highest BCUT2D eigenvalue weighted by atomic mass is 32.2. The van der Waals surface area contributed by atoms with Crippen molar-refractivity contribution in [3.63, 3.8) is 0 Å². The van der Waals surface area contributed by atoms with Crippen LogP contribution < -0.4 is 5.32 Å². The highest BCUT2D eigenvalue weighted by molar-refractivity contribution is 8.18. The molecule has 0 bridgehead atoms. The average molecular weight is 494 g/mol. The minimum absolute atomic E-state index is 0.0268. The minimum Gasteiger partial charge on any atom is -0.354 e. The van der Waals surface area contributed by atoms with E-state index in [1.54, 1.807) is 17.0 Å². The molecule has 0 radical (unpaired) electrons. The Labute approximate surface area is 201 Å². The molecule has 1 N–H and O–H groups in total. The summed E-state index contributed by atoms with van der Waals surface area (Å²) in [5.74, 6) is -0.851. The molecule has 1 aromatic rings. The van der Waals surface area contributed by atoms with Gasteiger partial charge in [0, 0.05) is 31.7 Å². The molecule has 33 heavy (non-hydrogen) atoms.